The zero-order valence-corrected chi connectivity index (χ0v) is 8.36. The van der Waals surface area contributed by atoms with Gasteiger partial charge in [0.15, 0.2) is 0 Å². The van der Waals surface area contributed by atoms with Crippen LogP contribution in [0.5, 0.6) is 11.5 Å². The summed E-state index contributed by atoms with van der Waals surface area (Å²) < 4.78 is 5.34. The van der Waals surface area contributed by atoms with Gasteiger partial charge in [-0.3, -0.25) is 4.79 Å². The molecule has 1 aromatic rings. The van der Waals surface area contributed by atoms with E-state index in [1.807, 2.05) is 0 Å². The van der Waals surface area contributed by atoms with E-state index < -0.39 is 11.4 Å². The van der Waals surface area contributed by atoms with Crippen LogP contribution in [0.15, 0.2) is 18.2 Å². The summed E-state index contributed by atoms with van der Waals surface area (Å²) in [6.45, 7) is 1.75. The number of carbonyl (C=O) groups is 1. The fourth-order valence-electron chi connectivity index (χ4n) is 1.68. The molecular weight excluding hydrogens is 196 g/mol. The number of rotatable bonds is 1. The Hall–Kier alpha value is -1.71. The van der Waals surface area contributed by atoms with Crippen molar-refractivity contribution in [2.75, 3.05) is 6.61 Å². The van der Waals surface area contributed by atoms with Crippen LogP contribution in [0.2, 0.25) is 0 Å². The summed E-state index contributed by atoms with van der Waals surface area (Å²) in [4.78, 5) is 11.0. The third-order valence-corrected chi connectivity index (χ3v) is 2.74. The molecule has 1 unspecified atom stereocenters. The Kier molecular flexibility index (Phi) is 2.07. The van der Waals surface area contributed by atoms with Gasteiger partial charge in [0.25, 0.3) is 0 Å². The minimum atomic E-state index is -0.953. The summed E-state index contributed by atoms with van der Waals surface area (Å²) in [7, 11) is 0. The molecule has 0 aromatic heterocycles. The summed E-state index contributed by atoms with van der Waals surface area (Å²) >= 11 is 0. The van der Waals surface area contributed by atoms with E-state index in [2.05, 4.69) is 0 Å². The van der Waals surface area contributed by atoms with Gasteiger partial charge in [0, 0.05) is 5.56 Å². The van der Waals surface area contributed by atoms with Crippen molar-refractivity contribution < 1.29 is 19.7 Å². The zero-order valence-electron chi connectivity index (χ0n) is 8.36. The van der Waals surface area contributed by atoms with Crippen molar-refractivity contribution in [2.45, 2.75) is 13.3 Å². The quantitative estimate of drug-likeness (QED) is 0.732. The van der Waals surface area contributed by atoms with Gasteiger partial charge in [0.05, 0.1) is 0 Å². The average Bonchev–Trinajstić information content (AvgIpc) is 2.19. The Morgan fingerprint density at radius 1 is 1.53 bits per heavy atom. The highest BCUT2D eigenvalue weighted by atomic mass is 16.5. The number of ether oxygens (including phenoxy) is 1. The van der Waals surface area contributed by atoms with Crippen molar-refractivity contribution in [2.24, 2.45) is 5.41 Å². The molecule has 2 rings (SSSR count). The molecule has 1 heterocycles. The first kappa shape index (κ1) is 9.83. The number of benzene rings is 1. The minimum Gasteiger partial charge on any atom is -0.508 e. The number of phenolic OH excluding ortho intramolecular Hbond substituents is 1. The molecule has 4 nitrogen and oxygen atoms in total. The van der Waals surface area contributed by atoms with Gasteiger partial charge in [-0.15, -0.1) is 0 Å². The van der Waals surface area contributed by atoms with Gasteiger partial charge in [-0.05, 0) is 25.5 Å². The van der Waals surface area contributed by atoms with Crippen molar-refractivity contribution in [1.29, 1.82) is 0 Å². The maximum Gasteiger partial charge on any atom is 0.313 e. The molecular formula is C11H12O4. The van der Waals surface area contributed by atoms with Crippen molar-refractivity contribution >= 4 is 5.97 Å². The molecule has 0 amide bonds. The molecule has 0 fully saturated rings. The van der Waals surface area contributed by atoms with Gasteiger partial charge in [-0.25, -0.2) is 0 Å². The number of hydrogen-bond acceptors (Lipinski definition) is 3. The summed E-state index contributed by atoms with van der Waals surface area (Å²) in [6.07, 6.45) is 0.296. The zero-order chi connectivity index (χ0) is 11.1. The molecule has 0 radical (unpaired) electrons. The first-order valence-electron chi connectivity index (χ1n) is 4.70. The smallest absolute Gasteiger partial charge is 0.313 e. The van der Waals surface area contributed by atoms with Gasteiger partial charge in [-0.2, -0.15) is 0 Å². The maximum atomic E-state index is 11.0. The summed E-state index contributed by atoms with van der Waals surface area (Å²) in [6, 6.07) is 4.95. The average molecular weight is 208 g/mol. The number of hydrogen-bond donors (Lipinski definition) is 2. The molecule has 1 atom stereocenters. The molecule has 80 valence electrons. The lowest BCUT2D eigenvalue weighted by Gasteiger charge is -2.31. The summed E-state index contributed by atoms with van der Waals surface area (Å²) in [5.41, 5.74) is -0.375. The molecule has 1 aromatic carbocycles. The van der Waals surface area contributed by atoms with Crippen molar-refractivity contribution in [1.82, 2.24) is 0 Å². The van der Waals surface area contributed by atoms with Crippen LogP contribution in [0.4, 0.5) is 0 Å². The molecule has 15 heavy (non-hydrogen) atoms. The van der Waals surface area contributed by atoms with Gasteiger partial charge in [-0.1, -0.05) is 6.07 Å². The topological polar surface area (TPSA) is 66.8 Å². The van der Waals surface area contributed by atoms with Crippen LogP contribution < -0.4 is 4.74 Å². The molecule has 2 N–H and O–H groups in total. The highest BCUT2D eigenvalue weighted by Gasteiger charge is 2.39. The third kappa shape index (κ3) is 1.52. The predicted octanol–water partition coefficient (Wildman–Crippen LogP) is 1.42. The Morgan fingerprint density at radius 2 is 2.27 bits per heavy atom. The number of carboxylic acid groups (broad SMARTS) is 1. The Balaban J connectivity index is 2.42. The molecule has 0 bridgehead atoms. The predicted molar refractivity (Wildman–Crippen MR) is 53.0 cm³/mol. The van der Waals surface area contributed by atoms with Crippen LogP contribution >= 0.6 is 0 Å². The van der Waals surface area contributed by atoms with Gasteiger partial charge in [0.2, 0.25) is 0 Å². The van der Waals surface area contributed by atoms with Crippen molar-refractivity contribution in [3.05, 3.63) is 23.8 Å². The first-order valence-corrected chi connectivity index (χ1v) is 4.70. The second kappa shape index (κ2) is 3.15. The van der Waals surface area contributed by atoms with Crippen LogP contribution in [-0.4, -0.2) is 22.8 Å². The molecule has 0 aliphatic carbocycles. The molecule has 4 heteroatoms. The molecule has 0 spiro atoms. The molecule has 1 aliphatic rings. The largest absolute Gasteiger partial charge is 0.508 e. The fraction of sp³-hybridized carbons (Fsp3) is 0.364. The maximum absolute atomic E-state index is 11.0. The monoisotopic (exact) mass is 208 g/mol. The van der Waals surface area contributed by atoms with Gasteiger partial charge in [0.1, 0.15) is 23.5 Å². The fourth-order valence-corrected chi connectivity index (χ4v) is 1.68. The Morgan fingerprint density at radius 3 is 2.93 bits per heavy atom. The van der Waals surface area contributed by atoms with Crippen LogP contribution in [0, 0.1) is 5.41 Å². The highest BCUT2D eigenvalue weighted by molar-refractivity contribution is 5.75. The molecule has 1 aliphatic heterocycles. The number of fused-ring (bicyclic) bond motifs is 1. The second-order valence-electron chi connectivity index (χ2n) is 4.09. The second-order valence-corrected chi connectivity index (χ2v) is 4.09. The third-order valence-electron chi connectivity index (χ3n) is 2.74. The SMILES string of the molecule is CC1(C(=O)O)COc2cccc(O)c2C1. The van der Waals surface area contributed by atoms with E-state index in [9.17, 15) is 9.90 Å². The number of carboxylic acids is 1. The Bertz CT molecular complexity index is 413. The normalized spacial score (nSPS) is 24.1. The lowest BCUT2D eigenvalue weighted by atomic mass is 9.82. The molecule has 0 saturated heterocycles. The van der Waals surface area contributed by atoms with Gasteiger partial charge >= 0.3 is 5.97 Å². The van der Waals surface area contributed by atoms with E-state index in [1.54, 1.807) is 19.1 Å². The van der Waals surface area contributed by atoms with E-state index >= 15 is 0 Å². The molecule has 0 saturated carbocycles. The van der Waals surface area contributed by atoms with Gasteiger partial charge < -0.3 is 14.9 Å². The van der Waals surface area contributed by atoms with E-state index in [1.165, 1.54) is 6.07 Å². The number of aliphatic carboxylic acids is 1. The number of aromatic hydroxyl groups is 1. The Labute approximate surface area is 87.1 Å². The van der Waals surface area contributed by atoms with Crippen LogP contribution in [-0.2, 0) is 11.2 Å². The van der Waals surface area contributed by atoms with Crippen LogP contribution in [0.25, 0.3) is 0 Å². The number of phenols is 1. The highest BCUT2D eigenvalue weighted by Crippen LogP contribution is 2.38. The van der Waals surface area contributed by atoms with Crippen LogP contribution in [0.3, 0.4) is 0 Å². The van der Waals surface area contributed by atoms with E-state index in [0.717, 1.165) is 0 Å². The standard InChI is InChI=1S/C11H12O4/c1-11(10(13)14)5-7-8(12)3-2-4-9(7)15-6-11/h2-4,12H,5-6H2,1H3,(H,13,14). The minimum absolute atomic E-state index is 0.0969. The summed E-state index contributed by atoms with van der Waals surface area (Å²) in [5, 5.41) is 18.6. The first-order chi connectivity index (χ1) is 7.03. The van der Waals surface area contributed by atoms with Crippen molar-refractivity contribution in [3.8, 4) is 11.5 Å². The van der Waals surface area contributed by atoms with E-state index in [-0.39, 0.29) is 12.4 Å². The van der Waals surface area contributed by atoms with E-state index in [4.69, 9.17) is 9.84 Å². The summed E-state index contributed by atoms with van der Waals surface area (Å²) in [5.74, 6) is -0.232. The van der Waals surface area contributed by atoms with E-state index in [0.29, 0.717) is 17.7 Å². The van der Waals surface area contributed by atoms with Crippen LogP contribution in [0.1, 0.15) is 12.5 Å². The lowest BCUT2D eigenvalue weighted by molar-refractivity contribution is -0.150. The lowest BCUT2D eigenvalue weighted by Crippen LogP contribution is -2.39. The van der Waals surface area contributed by atoms with Crippen molar-refractivity contribution in [3.63, 3.8) is 0 Å².